The summed E-state index contributed by atoms with van der Waals surface area (Å²) in [6, 6.07) is 9.28. The lowest BCUT2D eigenvalue weighted by molar-refractivity contribution is 0.476. The van der Waals surface area contributed by atoms with Gasteiger partial charge in [-0.25, -0.2) is 4.79 Å². The van der Waals surface area contributed by atoms with Crippen LogP contribution in [0.3, 0.4) is 0 Å². The summed E-state index contributed by atoms with van der Waals surface area (Å²) in [6.45, 7) is 0. The molecular formula is C17H14O3. The number of rotatable bonds is 0. The van der Waals surface area contributed by atoms with Gasteiger partial charge in [-0.2, -0.15) is 0 Å². The Labute approximate surface area is 115 Å². The Hall–Kier alpha value is -2.29. The number of benzene rings is 2. The molecule has 0 saturated heterocycles. The maximum absolute atomic E-state index is 12.2. The van der Waals surface area contributed by atoms with Crippen LogP contribution in [0, 0.1) is 0 Å². The molecule has 0 unspecified atom stereocenters. The topological polar surface area (TPSA) is 50.4 Å². The summed E-state index contributed by atoms with van der Waals surface area (Å²) in [7, 11) is 0. The van der Waals surface area contributed by atoms with Gasteiger partial charge in [0, 0.05) is 10.8 Å². The second-order valence-electron chi connectivity index (χ2n) is 5.38. The van der Waals surface area contributed by atoms with E-state index in [-0.39, 0.29) is 5.75 Å². The van der Waals surface area contributed by atoms with Crippen LogP contribution >= 0.6 is 0 Å². The molecule has 1 aliphatic rings. The second-order valence-corrected chi connectivity index (χ2v) is 5.38. The third-order valence-corrected chi connectivity index (χ3v) is 4.19. The number of aryl methyl sites for hydroxylation is 2. The summed E-state index contributed by atoms with van der Waals surface area (Å²) in [5, 5.41) is 12.3. The maximum Gasteiger partial charge on any atom is 0.347 e. The molecule has 0 amide bonds. The zero-order chi connectivity index (χ0) is 13.7. The fourth-order valence-corrected chi connectivity index (χ4v) is 3.31. The number of phenols is 1. The van der Waals surface area contributed by atoms with Crippen molar-refractivity contribution in [1.82, 2.24) is 0 Å². The molecule has 0 bridgehead atoms. The Morgan fingerprint density at radius 1 is 1.05 bits per heavy atom. The van der Waals surface area contributed by atoms with Crippen molar-refractivity contribution in [2.75, 3.05) is 0 Å². The van der Waals surface area contributed by atoms with Crippen LogP contribution < -0.4 is 5.63 Å². The summed E-state index contributed by atoms with van der Waals surface area (Å²) in [5.74, 6) is 0.0418. The van der Waals surface area contributed by atoms with E-state index in [4.69, 9.17) is 4.42 Å². The average Bonchev–Trinajstić information content (AvgIpc) is 2.46. The minimum absolute atomic E-state index is 0.0418. The molecule has 0 atom stereocenters. The summed E-state index contributed by atoms with van der Waals surface area (Å²) in [5.41, 5.74) is 2.50. The van der Waals surface area contributed by atoms with E-state index in [0.29, 0.717) is 11.0 Å². The largest absolute Gasteiger partial charge is 0.507 e. The third-order valence-electron chi connectivity index (χ3n) is 4.19. The number of phenolic OH excluding ortho intramolecular Hbond substituents is 1. The van der Waals surface area contributed by atoms with E-state index in [9.17, 15) is 9.90 Å². The molecule has 3 aromatic rings. The molecule has 0 fully saturated rings. The van der Waals surface area contributed by atoms with Crippen LogP contribution in [0.25, 0.3) is 21.7 Å². The second kappa shape index (κ2) is 4.10. The van der Waals surface area contributed by atoms with Crippen LogP contribution in [0.2, 0.25) is 0 Å². The van der Waals surface area contributed by atoms with Gasteiger partial charge in [0.2, 0.25) is 0 Å². The zero-order valence-electron chi connectivity index (χ0n) is 11.0. The van der Waals surface area contributed by atoms with Gasteiger partial charge in [-0.1, -0.05) is 18.2 Å². The number of aromatic hydroxyl groups is 1. The average molecular weight is 266 g/mol. The minimum Gasteiger partial charge on any atom is -0.507 e. The molecule has 2 aromatic carbocycles. The Balaban J connectivity index is 2.32. The van der Waals surface area contributed by atoms with Crippen LogP contribution in [-0.4, -0.2) is 5.11 Å². The van der Waals surface area contributed by atoms with E-state index in [2.05, 4.69) is 0 Å². The Morgan fingerprint density at radius 3 is 2.75 bits per heavy atom. The molecule has 100 valence electrons. The van der Waals surface area contributed by atoms with Gasteiger partial charge in [0.1, 0.15) is 16.7 Å². The van der Waals surface area contributed by atoms with E-state index >= 15 is 0 Å². The molecule has 3 nitrogen and oxygen atoms in total. The fraction of sp³-hybridized carbons (Fsp3) is 0.235. The van der Waals surface area contributed by atoms with Gasteiger partial charge in [0.25, 0.3) is 0 Å². The predicted molar refractivity (Wildman–Crippen MR) is 78.3 cm³/mol. The number of hydrogen-bond donors (Lipinski definition) is 1. The summed E-state index contributed by atoms with van der Waals surface area (Å²) in [6.07, 6.45) is 4.19. The molecule has 4 rings (SSSR count). The molecule has 0 saturated carbocycles. The summed E-state index contributed by atoms with van der Waals surface area (Å²) >= 11 is 0. The number of hydrogen-bond acceptors (Lipinski definition) is 3. The third kappa shape index (κ3) is 1.49. The highest BCUT2D eigenvalue weighted by molar-refractivity contribution is 6.08. The Morgan fingerprint density at radius 2 is 1.85 bits per heavy atom. The van der Waals surface area contributed by atoms with E-state index < -0.39 is 5.63 Å². The van der Waals surface area contributed by atoms with Gasteiger partial charge in [-0.05, 0) is 48.9 Å². The first kappa shape index (κ1) is 11.5. The quantitative estimate of drug-likeness (QED) is 0.500. The van der Waals surface area contributed by atoms with Crippen molar-refractivity contribution in [2.24, 2.45) is 0 Å². The zero-order valence-corrected chi connectivity index (χ0v) is 11.0. The van der Waals surface area contributed by atoms with Crippen LogP contribution in [-0.2, 0) is 12.8 Å². The number of fused-ring (bicyclic) bond motifs is 5. The first-order valence-corrected chi connectivity index (χ1v) is 6.95. The Kier molecular flexibility index (Phi) is 2.36. The van der Waals surface area contributed by atoms with Gasteiger partial charge >= 0.3 is 5.63 Å². The molecule has 1 heterocycles. The van der Waals surface area contributed by atoms with Gasteiger partial charge in [0.05, 0.1) is 0 Å². The van der Waals surface area contributed by atoms with Crippen molar-refractivity contribution in [3.8, 4) is 5.75 Å². The first-order valence-electron chi connectivity index (χ1n) is 6.95. The molecule has 0 spiro atoms. The van der Waals surface area contributed by atoms with Gasteiger partial charge in [-0.15, -0.1) is 0 Å². The van der Waals surface area contributed by atoms with E-state index in [1.165, 1.54) is 5.56 Å². The SMILES string of the molecule is O=c1oc2ccccc2c2c3c(cc(O)c12)CCCC3. The van der Waals surface area contributed by atoms with Crippen LogP contribution in [0.4, 0.5) is 0 Å². The van der Waals surface area contributed by atoms with Crippen molar-refractivity contribution in [1.29, 1.82) is 0 Å². The van der Waals surface area contributed by atoms with Crippen molar-refractivity contribution in [3.05, 3.63) is 51.9 Å². The highest BCUT2D eigenvalue weighted by Crippen LogP contribution is 2.36. The highest BCUT2D eigenvalue weighted by atomic mass is 16.4. The van der Waals surface area contributed by atoms with E-state index in [1.807, 2.05) is 18.2 Å². The van der Waals surface area contributed by atoms with E-state index in [1.54, 1.807) is 12.1 Å². The standard InChI is InChI=1S/C17H14O3/c18-13-9-10-5-1-2-6-11(10)15-12-7-3-4-8-14(12)20-17(19)16(13)15/h3-4,7-9,18H,1-2,5-6H2. The smallest absolute Gasteiger partial charge is 0.347 e. The molecule has 1 aromatic heterocycles. The lowest BCUT2D eigenvalue weighted by atomic mass is 9.86. The monoisotopic (exact) mass is 266 g/mol. The molecule has 0 aliphatic heterocycles. The van der Waals surface area contributed by atoms with Crippen molar-refractivity contribution >= 4 is 21.7 Å². The minimum atomic E-state index is -0.454. The Bertz CT molecular complexity index is 890. The van der Waals surface area contributed by atoms with E-state index in [0.717, 1.165) is 42.0 Å². The lowest BCUT2D eigenvalue weighted by Crippen LogP contribution is -2.08. The molecular weight excluding hydrogens is 252 g/mol. The number of para-hydroxylation sites is 1. The first-order chi connectivity index (χ1) is 9.75. The predicted octanol–water partition coefficient (Wildman–Crippen LogP) is 3.53. The van der Waals surface area contributed by atoms with Gasteiger partial charge in [0.15, 0.2) is 0 Å². The maximum atomic E-state index is 12.2. The van der Waals surface area contributed by atoms with Crippen LogP contribution in [0.1, 0.15) is 24.0 Å². The van der Waals surface area contributed by atoms with Crippen molar-refractivity contribution in [2.45, 2.75) is 25.7 Å². The highest BCUT2D eigenvalue weighted by Gasteiger charge is 2.20. The van der Waals surface area contributed by atoms with Gasteiger partial charge in [-0.3, -0.25) is 0 Å². The van der Waals surface area contributed by atoms with Crippen LogP contribution in [0.15, 0.2) is 39.5 Å². The summed E-state index contributed by atoms with van der Waals surface area (Å²) in [4.78, 5) is 12.2. The normalized spacial score (nSPS) is 14.6. The fourth-order valence-electron chi connectivity index (χ4n) is 3.31. The van der Waals surface area contributed by atoms with Crippen LogP contribution in [0.5, 0.6) is 5.75 Å². The molecule has 1 N–H and O–H groups in total. The molecule has 0 radical (unpaired) electrons. The molecule has 20 heavy (non-hydrogen) atoms. The van der Waals surface area contributed by atoms with Gasteiger partial charge < -0.3 is 9.52 Å². The summed E-state index contributed by atoms with van der Waals surface area (Å²) < 4.78 is 5.33. The van der Waals surface area contributed by atoms with Crippen molar-refractivity contribution < 1.29 is 9.52 Å². The molecule has 3 heteroatoms. The lowest BCUT2D eigenvalue weighted by Gasteiger charge is -2.19. The van der Waals surface area contributed by atoms with Crippen molar-refractivity contribution in [3.63, 3.8) is 0 Å². The molecule has 1 aliphatic carbocycles.